The molecule has 2 amide bonds. The summed E-state index contributed by atoms with van der Waals surface area (Å²) in [6.45, 7) is 2.01. The van der Waals surface area contributed by atoms with Crippen molar-refractivity contribution < 1.29 is 34.0 Å². The third-order valence-corrected chi connectivity index (χ3v) is 4.93. The van der Waals surface area contributed by atoms with E-state index < -0.39 is 6.10 Å². The van der Waals surface area contributed by atoms with Gasteiger partial charge in [-0.05, 0) is 43.5 Å². The Morgan fingerprint density at radius 2 is 2.13 bits per heavy atom. The molecule has 12 heteroatoms. The van der Waals surface area contributed by atoms with Crippen LogP contribution in [-0.2, 0) is 16.6 Å². The van der Waals surface area contributed by atoms with Crippen molar-refractivity contribution in [3.63, 3.8) is 0 Å². The first-order valence-corrected chi connectivity index (χ1v) is 9.75. The number of carbonyl (C=O) groups excluding carboxylic acids is 2. The fourth-order valence-corrected chi connectivity index (χ4v) is 3.31. The van der Waals surface area contributed by atoms with Gasteiger partial charge in [0.1, 0.15) is 18.0 Å². The lowest BCUT2D eigenvalue weighted by Crippen LogP contribution is -2.49. The number of hydrogen-bond donors (Lipinski definition) is 4. The lowest BCUT2D eigenvalue weighted by atomic mass is 9.83. The number of ether oxygens (including phenoxy) is 1. The Labute approximate surface area is 178 Å². The molecule has 2 aromatic heterocycles. The van der Waals surface area contributed by atoms with E-state index in [1.807, 2.05) is 0 Å². The molecular formula is C19H27N5O7. The summed E-state index contributed by atoms with van der Waals surface area (Å²) in [6, 6.07) is 3.15. The van der Waals surface area contributed by atoms with Crippen molar-refractivity contribution in [1.82, 2.24) is 25.5 Å². The number of carbonyl (C=O) groups is 3. The molecule has 1 saturated carbocycles. The molecule has 0 radical (unpaired) electrons. The smallest absolute Gasteiger partial charge is 0.290 e. The Balaban J connectivity index is 0.00000107. The van der Waals surface area contributed by atoms with Gasteiger partial charge in [0.2, 0.25) is 5.91 Å². The van der Waals surface area contributed by atoms with E-state index in [9.17, 15) is 14.7 Å². The van der Waals surface area contributed by atoms with Crippen LogP contribution in [0.3, 0.4) is 0 Å². The van der Waals surface area contributed by atoms with Crippen molar-refractivity contribution in [3.8, 4) is 5.88 Å². The van der Waals surface area contributed by atoms with E-state index >= 15 is 0 Å². The van der Waals surface area contributed by atoms with E-state index in [0.717, 1.165) is 0 Å². The maximum Gasteiger partial charge on any atom is 0.290 e. The third-order valence-electron chi connectivity index (χ3n) is 4.93. The number of aliphatic hydroxyl groups excluding tert-OH is 1. The normalized spacial score (nSPS) is 20.2. The molecule has 0 unspecified atom stereocenters. The van der Waals surface area contributed by atoms with Crippen molar-refractivity contribution in [3.05, 3.63) is 29.7 Å². The second-order valence-corrected chi connectivity index (χ2v) is 7.06. The zero-order valence-corrected chi connectivity index (χ0v) is 17.4. The van der Waals surface area contributed by atoms with Crippen molar-refractivity contribution >= 4 is 18.3 Å². The van der Waals surface area contributed by atoms with Gasteiger partial charge in [0.25, 0.3) is 18.3 Å². The van der Waals surface area contributed by atoms with Crippen LogP contribution in [0.4, 0.5) is 0 Å². The van der Waals surface area contributed by atoms with Gasteiger partial charge in [-0.15, -0.1) is 0 Å². The number of aryl methyl sites for hydroxylation is 2. The van der Waals surface area contributed by atoms with Gasteiger partial charge in [0, 0.05) is 19.2 Å². The summed E-state index contributed by atoms with van der Waals surface area (Å²) in [7, 11) is 1.79. The van der Waals surface area contributed by atoms with E-state index in [1.54, 1.807) is 36.9 Å². The Bertz CT molecular complexity index is 865. The fraction of sp³-hybridized carbons (Fsp3) is 0.526. The van der Waals surface area contributed by atoms with E-state index in [-0.39, 0.29) is 36.9 Å². The number of rotatable bonds is 7. The van der Waals surface area contributed by atoms with Gasteiger partial charge in [0.15, 0.2) is 0 Å². The van der Waals surface area contributed by atoms with Crippen molar-refractivity contribution in [2.75, 3.05) is 13.2 Å². The highest BCUT2D eigenvalue weighted by Gasteiger charge is 2.33. The van der Waals surface area contributed by atoms with Gasteiger partial charge < -0.3 is 30.2 Å². The molecule has 3 atom stereocenters. The highest BCUT2D eigenvalue weighted by atomic mass is 16.6. The van der Waals surface area contributed by atoms with Gasteiger partial charge in [-0.1, -0.05) is 5.16 Å². The lowest BCUT2D eigenvalue weighted by molar-refractivity contribution is -0.127. The molecule has 4 N–H and O–H groups in total. The van der Waals surface area contributed by atoms with Gasteiger partial charge in [0.05, 0.1) is 18.7 Å². The number of aliphatic hydroxyl groups is 1. The highest BCUT2D eigenvalue weighted by molar-refractivity contribution is 5.93. The van der Waals surface area contributed by atoms with E-state index in [1.165, 1.54) is 0 Å². The van der Waals surface area contributed by atoms with Crippen LogP contribution >= 0.6 is 0 Å². The molecule has 0 bridgehead atoms. The van der Waals surface area contributed by atoms with Gasteiger partial charge in [-0.3, -0.25) is 14.4 Å². The molecule has 12 nitrogen and oxygen atoms in total. The van der Waals surface area contributed by atoms with Crippen LogP contribution in [0.5, 0.6) is 5.88 Å². The van der Waals surface area contributed by atoms with Gasteiger partial charge in [-0.25, -0.2) is 4.63 Å². The summed E-state index contributed by atoms with van der Waals surface area (Å²) in [5, 5.41) is 30.1. The molecular weight excluding hydrogens is 410 g/mol. The quantitative estimate of drug-likeness (QED) is 0.340. The van der Waals surface area contributed by atoms with E-state index in [2.05, 4.69) is 25.6 Å². The average molecular weight is 437 g/mol. The zero-order valence-electron chi connectivity index (χ0n) is 17.4. The number of nitrogens with zero attached hydrogens (tertiary/aromatic N) is 3. The maximum absolute atomic E-state index is 12.3. The Hall–Kier alpha value is -3.41. The predicted molar refractivity (Wildman–Crippen MR) is 106 cm³/mol. The van der Waals surface area contributed by atoms with Crippen LogP contribution in [-0.4, -0.2) is 68.7 Å². The molecule has 2 aromatic rings. The Morgan fingerprint density at radius 3 is 2.71 bits per heavy atom. The predicted octanol–water partition coefficient (Wildman–Crippen LogP) is -0.128. The Morgan fingerprint density at radius 1 is 1.39 bits per heavy atom. The van der Waals surface area contributed by atoms with E-state index in [4.69, 9.17) is 14.6 Å². The molecule has 3 rings (SSSR count). The van der Waals surface area contributed by atoms with Crippen LogP contribution in [0.2, 0.25) is 0 Å². The first-order chi connectivity index (χ1) is 14.9. The minimum Gasteiger partial charge on any atom is -0.483 e. The fourth-order valence-electron chi connectivity index (χ4n) is 3.31. The van der Waals surface area contributed by atoms with E-state index in [0.29, 0.717) is 43.1 Å². The SMILES string of the molecule is Cc1nonc1OCCNC(=O)[C@H]1CC[C@@H](NC(=O)c2cccn2C)[C@H](O)C1.O=CO. The Kier molecular flexibility index (Phi) is 9.00. The molecule has 1 aliphatic rings. The molecule has 1 fully saturated rings. The second kappa shape index (κ2) is 11.7. The number of aromatic nitrogens is 3. The lowest BCUT2D eigenvalue weighted by Gasteiger charge is -2.33. The highest BCUT2D eigenvalue weighted by Crippen LogP contribution is 2.25. The summed E-state index contributed by atoms with van der Waals surface area (Å²) in [4.78, 5) is 33.0. The van der Waals surface area contributed by atoms with Gasteiger partial charge >= 0.3 is 0 Å². The summed E-state index contributed by atoms with van der Waals surface area (Å²) >= 11 is 0. The van der Waals surface area contributed by atoms with Crippen molar-refractivity contribution in [1.29, 1.82) is 0 Å². The summed E-state index contributed by atoms with van der Waals surface area (Å²) in [6.07, 6.45) is 2.45. The van der Waals surface area contributed by atoms with Crippen molar-refractivity contribution in [2.24, 2.45) is 13.0 Å². The molecule has 1 aliphatic carbocycles. The molecule has 0 aliphatic heterocycles. The average Bonchev–Trinajstić information content (AvgIpc) is 3.35. The minimum atomic E-state index is -0.770. The first kappa shape index (κ1) is 23.9. The summed E-state index contributed by atoms with van der Waals surface area (Å²) in [5.74, 6) is -0.355. The van der Waals surface area contributed by atoms with Crippen LogP contribution in [0.25, 0.3) is 0 Å². The van der Waals surface area contributed by atoms with Crippen LogP contribution in [0.1, 0.15) is 35.4 Å². The number of amides is 2. The largest absolute Gasteiger partial charge is 0.483 e. The topological polar surface area (TPSA) is 169 Å². The second-order valence-electron chi connectivity index (χ2n) is 7.06. The third kappa shape index (κ3) is 6.81. The summed E-state index contributed by atoms with van der Waals surface area (Å²) in [5.41, 5.74) is 1.08. The number of hydrogen-bond acceptors (Lipinski definition) is 8. The summed E-state index contributed by atoms with van der Waals surface area (Å²) < 4.78 is 11.6. The number of carboxylic acid groups (broad SMARTS) is 1. The van der Waals surface area contributed by atoms with Crippen molar-refractivity contribution in [2.45, 2.75) is 38.3 Å². The van der Waals surface area contributed by atoms with Crippen LogP contribution < -0.4 is 15.4 Å². The van der Waals surface area contributed by atoms with Gasteiger partial charge in [-0.2, -0.15) is 0 Å². The minimum absolute atomic E-state index is 0.134. The zero-order chi connectivity index (χ0) is 22.8. The van der Waals surface area contributed by atoms with Crippen LogP contribution in [0, 0.1) is 12.8 Å². The van der Waals surface area contributed by atoms with Crippen LogP contribution in [0.15, 0.2) is 23.0 Å². The maximum atomic E-state index is 12.3. The molecule has 2 heterocycles. The first-order valence-electron chi connectivity index (χ1n) is 9.75. The molecule has 0 spiro atoms. The monoisotopic (exact) mass is 437 g/mol. The molecule has 31 heavy (non-hydrogen) atoms. The molecule has 0 saturated heterocycles. The molecule has 0 aromatic carbocycles. The number of nitrogens with one attached hydrogen (secondary N) is 2. The standard InChI is InChI=1S/C18H25N5O5.CH2O2/c1-11-18(22-28-21-11)27-9-7-19-16(25)12-5-6-13(15(24)10-12)20-17(26)14-4-3-8-23(14)2;2-1-3/h3-4,8,12-13,15,24H,5-7,9-10H2,1-2H3,(H,19,25)(H,20,26);1H,(H,2,3)/t12-,13+,15+;/m0./s1. The molecule has 170 valence electrons.